The summed E-state index contributed by atoms with van der Waals surface area (Å²) in [5, 5.41) is 3.78. The van der Waals surface area contributed by atoms with Gasteiger partial charge >= 0.3 is 0 Å². The third-order valence-corrected chi connectivity index (χ3v) is 14.4. The first-order chi connectivity index (χ1) is 30.7. The van der Waals surface area contributed by atoms with Crippen LogP contribution >= 0.6 is 0 Å². The highest BCUT2D eigenvalue weighted by Gasteiger charge is 2.37. The number of hydrogen-bond donors (Lipinski definition) is 0. The summed E-state index contributed by atoms with van der Waals surface area (Å²) in [7, 11) is 0. The van der Waals surface area contributed by atoms with Crippen LogP contribution in [-0.2, 0) is 10.8 Å². The molecule has 2 heterocycles. The molecular weight excluding hydrogens is 761 g/mol. The van der Waals surface area contributed by atoms with Gasteiger partial charge in [0, 0.05) is 43.9 Å². The van der Waals surface area contributed by atoms with Gasteiger partial charge in [-0.1, -0.05) is 156 Å². The molecule has 2 heteroatoms. The van der Waals surface area contributed by atoms with Crippen molar-refractivity contribution in [2.24, 2.45) is 0 Å². The van der Waals surface area contributed by atoms with Gasteiger partial charge in [-0.25, -0.2) is 0 Å². The first-order valence-corrected chi connectivity index (χ1v) is 22.2. The molecule has 63 heavy (non-hydrogen) atoms. The van der Waals surface area contributed by atoms with Gasteiger partial charge in [-0.05, 0) is 140 Å². The molecule has 0 saturated carbocycles. The fourth-order valence-electron chi connectivity index (χ4n) is 11.3. The van der Waals surface area contributed by atoms with E-state index >= 15 is 0 Å². The molecule has 2 aliphatic carbocycles. The van der Waals surface area contributed by atoms with Gasteiger partial charge in [-0.3, -0.25) is 0 Å². The minimum Gasteiger partial charge on any atom is -0.309 e. The molecule has 2 aliphatic rings. The average molecular weight is 809 g/mol. The average Bonchev–Trinajstić information content (AvgIpc) is 3.96. The Morgan fingerprint density at radius 3 is 1.32 bits per heavy atom. The van der Waals surface area contributed by atoms with Gasteiger partial charge in [0.25, 0.3) is 0 Å². The summed E-state index contributed by atoms with van der Waals surface area (Å²) in [5.74, 6) is 0. The van der Waals surface area contributed by atoms with Crippen molar-refractivity contribution in [1.29, 1.82) is 0 Å². The monoisotopic (exact) mass is 808 g/mol. The van der Waals surface area contributed by atoms with Crippen molar-refractivity contribution < 1.29 is 0 Å². The molecule has 2 nitrogen and oxygen atoms in total. The van der Waals surface area contributed by atoms with Gasteiger partial charge in [0.2, 0.25) is 0 Å². The first-order valence-electron chi connectivity index (χ1n) is 22.2. The predicted molar refractivity (Wildman–Crippen MR) is 268 cm³/mol. The van der Waals surface area contributed by atoms with E-state index in [4.69, 9.17) is 0 Å². The maximum absolute atomic E-state index is 4.21. The molecule has 12 rings (SSSR count). The number of para-hydroxylation sites is 3. The molecule has 2 aromatic heterocycles. The van der Waals surface area contributed by atoms with E-state index in [9.17, 15) is 0 Å². The number of allylic oxidation sites excluding steroid dienone is 1. The van der Waals surface area contributed by atoms with Crippen molar-refractivity contribution >= 4 is 44.9 Å². The minimum absolute atomic E-state index is 0.102. The summed E-state index contributed by atoms with van der Waals surface area (Å²) >= 11 is 0. The molecule has 0 radical (unpaired) electrons. The highest BCUT2D eigenvalue weighted by atomic mass is 15.0. The van der Waals surface area contributed by atoms with E-state index < -0.39 is 0 Å². The van der Waals surface area contributed by atoms with Crippen LogP contribution < -0.4 is 0 Å². The van der Waals surface area contributed by atoms with Crippen molar-refractivity contribution in [3.8, 4) is 55.9 Å². The number of hydrogen-bond acceptors (Lipinski definition) is 0. The summed E-state index contributed by atoms with van der Waals surface area (Å²) in [4.78, 5) is 0. The maximum atomic E-state index is 4.21. The number of fused-ring (bicyclic) bond motifs is 10. The zero-order valence-electron chi connectivity index (χ0n) is 36.5. The molecule has 0 unspecified atom stereocenters. The molecule has 0 fully saturated rings. The van der Waals surface area contributed by atoms with Crippen molar-refractivity contribution in [1.82, 2.24) is 9.13 Å². The van der Waals surface area contributed by atoms with E-state index in [0.717, 1.165) is 16.9 Å². The third kappa shape index (κ3) is 5.31. The zero-order valence-corrected chi connectivity index (χ0v) is 36.5. The highest BCUT2D eigenvalue weighted by molar-refractivity contribution is 6.09. The van der Waals surface area contributed by atoms with Crippen LogP contribution in [0.25, 0.3) is 101 Å². The number of nitrogens with zero attached hydrogens (tertiary/aromatic N) is 2. The lowest BCUT2D eigenvalue weighted by Crippen LogP contribution is -2.15. The molecule has 0 bridgehead atoms. The lowest BCUT2D eigenvalue weighted by Gasteiger charge is -2.22. The van der Waals surface area contributed by atoms with E-state index in [1.807, 2.05) is 6.08 Å². The van der Waals surface area contributed by atoms with E-state index in [2.05, 4.69) is 232 Å². The largest absolute Gasteiger partial charge is 0.309 e. The topological polar surface area (TPSA) is 9.86 Å². The van der Waals surface area contributed by atoms with Gasteiger partial charge in [0.15, 0.2) is 0 Å². The second kappa shape index (κ2) is 13.5. The molecule has 0 amide bonds. The summed E-state index contributed by atoms with van der Waals surface area (Å²) in [6.07, 6.45) is 6.32. The van der Waals surface area contributed by atoms with Crippen LogP contribution in [0.4, 0.5) is 0 Å². The maximum Gasteiger partial charge on any atom is 0.0541 e. The van der Waals surface area contributed by atoms with Crippen LogP contribution in [0.5, 0.6) is 0 Å². The van der Waals surface area contributed by atoms with Crippen LogP contribution in [0.3, 0.4) is 0 Å². The number of rotatable bonds is 6. The van der Waals surface area contributed by atoms with E-state index in [0.29, 0.717) is 0 Å². The Morgan fingerprint density at radius 1 is 0.413 bits per heavy atom. The van der Waals surface area contributed by atoms with Crippen LogP contribution in [-0.4, -0.2) is 9.13 Å². The van der Waals surface area contributed by atoms with Gasteiger partial charge in [0.05, 0.1) is 22.2 Å². The molecule has 8 aromatic carbocycles. The van der Waals surface area contributed by atoms with Gasteiger partial charge in [-0.2, -0.15) is 0 Å². The quantitative estimate of drug-likeness (QED) is 0.158. The van der Waals surface area contributed by atoms with Crippen molar-refractivity contribution in [3.63, 3.8) is 0 Å². The summed E-state index contributed by atoms with van der Waals surface area (Å²) < 4.78 is 4.83. The molecule has 10 aromatic rings. The first kappa shape index (κ1) is 37.4. The third-order valence-electron chi connectivity index (χ3n) is 14.4. The van der Waals surface area contributed by atoms with E-state index in [-0.39, 0.29) is 10.8 Å². The Hall–Kier alpha value is -7.42. The molecule has 0 spiro atoms. The Labute approximate surface area is 369 Å². The summed E-state index contributed by atoms with van der Waals surface area (Å²) in [6.45, 7) is 15.8. The molecular formula is C61H48N2. The molecule has 0 saturated heterocycles. The molecule has 0 N–H and O–H groups in total. The van der Waals surface area contributed by atoms with Crippen LogP contribution in [0.15, 0.2) is 183 Å². The second-order valence-electron chi connectivity index (χ2n) is 18.5. The van der Waals surface area contributed by atoms with Crippen LogP contribution in [0.2, 0.25) is 0 Å². The van der Waals surface area contributed by atoms with Crippen molar-refractivity contribution in [2.45, 2.75) is 45.4 Å². The SMILES string of the molecule is C=Cc1c(/C=C\C)n(-c2ccc3c(c2)-c2cc(-c4cccc(-c5ccc6c(c5)-c5cc(-n7c8ccccc8c8ccccc87)ccc5C6(C)C)c4)ccc2C3(C)C)c2ccccc12. The van der Waals surface area contributed by atoms with Gasteiger partial charge in [0.1, 0.15) is 0 Å². The lowest BCUT2D eigenvalue weighted by molar-refractivity contribution is 0.660. The Morgan fingerprint density at radius 2 is 0.825 bits per heavy atom. The highest BCUT2D eigenvalue weighted by Crippen LogP contribution is 2.52. The fourth-order valence-corrected chi connectivity index (χ4v) is 11.3. The Bertz CT molecular complexity index is 3540. The normalized spacial score (nSPS) is 14.4. The Balaban J connectivity index is 0.946. The summed E-state index contributed by atoms with van der Waals surface area (Å²) in [6, 6.07) is 63.8. The van der Waals surface area contributed by atoms with E-state index in [1.165, 1.54) is 105 Å². The second-order valence-corrected chi connectivity index (χ2v) is 18.5. The zero-order chi connectivity index (χ0) is 42.8. The Kier molecular flexibility index (Phi) is 8.03. The lowest BCUT2D eigenvalue weighted by atomic mass is 9.82. The van der Waals surface area contributed by atoms with Crippen LogP contribution in [0, 0.1) is 0 Å². The van der Waals surface area contributed by atoms with E-state index in [1.54, 1.807) is 0 Å². The van der Waals surface area contributed by atoms with Crippen molar-refractivity contribution in [3.05, 3.63) is 216 Å². The summed E-state index contributed by atoms with van der Waals surface area (Å²) in [5.41, 5.74) is 23.7. The molecule has 302 valence electrons. The van der Waals surface area contributed by atoms with Gasteiger partial charge < -0.3 is 9.13 Å². The number of aromatic nitrogens is 2. The van der Waals surface area contributed by atoms with Gasteiger partial charge in [-0.15, -0.1) is 0 Å². The predicted octanol–water partition coefficient (Wildman–Crippen LogP) is 16.4. The molecule has 0 atom stereocenters. The fraction of sp³-hybridized carbons (Fsp3) is 0.115. The minimum atomic E-state index is -0.114. The standard InChI is InChI=1S/C61H48N2/c1-7-16-56-44(8-2)45-19-9-12-22-57(45)62(56)42-27-31-54-50(36-42)48-34-40(25-29-52(48)60(54,3)4)38-17-15-18-39(33-38)41-26-30-53-49(35-41)51-37-43(28-32-55(51)61(53,5)6)63-58-23-13-10-20-46(58)47-21-11-14-24-59(47)63/h7-37H,2H2,1,3-6H3/b16-7-. The van der Waals surface area contributed by atoms with Crippen LogP contribution in [0.1, 0.15) is 68.1 Å². The number of benzene rings is 8. The van der Waals surface area contributed by atoms with Crippen molar-refractivity contribution in [2.75, 3.05) is 0 Å². The smallest absolute Gasteiger partial charge is 0.0541 e. The molecule has 0 aliphatic heterocycles.